The average Bonchev–Trinajstić information content (AvgIpc) is 4.07. The summed E-state index contributed by atoms with van der Waals surface area (Å²) in [5, 5.41) is 2.21. The van der Waals surface area contributed by atoms with Gasteiger partial charge in [0.2, 0.25) is 0 Å². The third kappa shape index (κ3) is 4.96. The highest BCUT2D eigenvalue weighted by Crippen LogP contribution is 2.63. The molecule has 0 atom stereocenters. The molecule has 3 aliphatic rings. The Bertz CT molecular complexity index is 3770. The Morgan fingerprint density at radius 2 is 0.879 bits per heavy atom. The number of rotatable bonds is 5. The van der Waals surface area contributed by atoms with Crippen molar-refractivity contribution in [1.82, 2.24) is 0 Å². The number of hydrogen-bond donors (Lipinski definition) is 0. The van der Waals surface area contributed by atoms with Crippen molar-refractivity contribution in [2.24, 2.45) is 0 Å². The SMILES string of the molecule is CC1(C)c2ccccc2-c2ccc(N(c3cc(-c4ccccc4)ccc3-c3ccc4c(c3)-c3ccccc3C43c4ccccc4-c4ccccc43)c3cccc4c3oc3ccccc34)cc21. The lowest BCUT2D eigenvalue weighted by atomic mass is 9.70. The third-order valence-electron chi connectivity index (χ3n) is 15.1. The van der Waals surface area contributed by atoms with Crippen LogP contribution in [0, 0.1) is 0 Å². The molecule has 0 N–H and O–H groups in total. The zero-order valence-electron chi connectivity index (χ0n) is 36.7. The second-order valence-corrected chi connectivity index (χ2v) is 18.7. The van der Waals surface area contributed by atoms with E-state index in [1.165, 1.54) is 72.3 Å². The number of nitrogens with zero attached hydrogens (tertiary/aromatic N) is 1. The van der Waals surface area contributed by atoms with E-state index in [0.717, 1.165) is 55.7 Å². The van der Waals surface area contributed by atoms with Gasteiger partial charge >= 0.3 is 0 Å². The van der Waals surface area contributed by atoms with Gasteiger partial charge in [-0.15, -0.1) is 0 Å². The second-order valence-electron chi connectivity index (χ2n) is 18.7. The van der Waals surface area contributed by atoms with Gasteiger partial charge in [0, 0.05) is 27.4 Å². The third-order valence-corrected chi connectivity index (χ3v) is 15.1. The minimum absolute atomic E-state index is 0.186. The second kappa shape index (κ2) is 13.7. The summed E-state index contributed by atoms with van der Waals surface area (Å²) >= 11 is 0. The summed E-state index contributed by atoms with van der Waals surface area (Å²) in [6.07, 6.45) is 0. The van der Waals surface area contributed by atoms with Crippen LogP contribution in [0.3, 0.4) is 0 Å². The molecule has 0 saturated carbocycles. The van der Waals surface area contributed by atoms with Crippen molar-refractivity contribution < 1.29 is 4.42 Å². The van der Waals surface area contributed by atoms with Crippen LogP contribution in [0.15, 0.2) is 229 Å². The largest absolute Gasteiger partial charge is 0.454 e. The smallest absolute Gasteiger partial charge is 0.159 e. The first-order valence-corrected chi connectivity index (χ1v) is 23.1. The average molecular weight is 842 g/mol. The van der Waals surface area contributed by atoms with Crippen LogP contribution in [0.4, 0.5) is 17.1 Å². The number of furan rings is 1. The molecular formula is C64H43NO. The van der Waals surface area contributed by atoms with Gasteiger partial charge in [-0.2, -0.15) is 0 Å². The fourth-order valence-electron chi connectivity index (χ4n) is 12.2. The summed E-state index contributed by atoms with van der Waals surface area (Å²) in [5.41, 5.74) is 24.8. The van der Waals surface area contributed by atoms with Crippen molar-refractivity contribution in [2.75, 3.05) is 4.90 Å². The van der Waals surface area contributed by atoms with Gasteiger partial charge in [-0.1, -0.05) is 202 Å². The molecule has 10 aromatic carbocycles. The highest BCUT2D eigenvalue weighted by molar-refractivity contribution is 6.11. The molecular weight excluding hydrogens is 799 g/mol. The quantitative estimate of drug-likeness (QED) is 0.172. The van der Waals surface area contributed by atoms with Gasteiger partial charge in [0.25, 0.3) is 0 Å². The number of anilines is 3. The van der Waals surface area contributed by atoms with Gasteiger partial charge in [-0.25, -0.2) is 0 Å². The van der Waals surface area contributed by atoms with E-state index in [1.54, 1.807) is 0 Å². The van der Waals surface area contributed by atoms with Crippen molar-refractivity contribution in [3.8, 4) is 55.6 Å². The molecule has 0 saturated heterocycles. The Balaban J connectivity index is 1.05. The van der Waals surface area contributed by atoms with E-state index in [9.17, 15) is 0 Å². The maximum absolute atomic E-state index is 6.92. The highest BCUT2D eigenvalue weighted by atomic mass is 16.3. The molecule has 0 unspecified atom stereocenters. The van der Waals surface area contributed by atoms with Gasteiger partial charge in [0.05, 0.1) is 16.8 Å². The van der Waals surface area contributed by atoms with Crippen LogP contribution in [0.1, 0.15) is 47.2 Å². The van der Waals surface area contributed by atoms with E-state index in [2.05, 4.69) is 243 Å². The molecule has 2 heteroatoms. The zero-order valence-corrected chi connectivity index (χ0v) is 36.7. The van der Waals surface area contributed by atoms with Gasteiger partial charge in [0.15, 0.2) is 5.58 Å². The van der Waals surface area contributed by atoms with Crippen molar-refractivity contribution >= 4 is 39.0 Å². The maximum Gasteiger partial charge on any atom is 0.159 e. The first-order chi connectivity index (χ1) is 32.5. The molecule has 14 rings (SSSR count). The Hall–Kier alpha value is -8.20. The van der Waals surface area contributed by atoms with E-state index in [-0.39, 0.29) is 5.41 Å². The number of para-hydroxylation sites is 2. The fraction of sp³-hybridized carbons (Fsp3) is 0.0625. The molecule has 0 bridgehead atoms. The summed E-state index contributed by atoms with van der Waals surface area (Å²) < 4.78 is 6.92. The molecule has 1 spiro atoms. The van der Waals surface area contributed by atoms with E-state index in [4.69, 9.17) is 4.42 Å². The topological polar surface area (TPSA) is 16.4 Å². The van der Waals surface area contributed by atoms with Crippen molar-refractivity contribution in [3.63, 3.8) is 0 Å². The van der Waals surface area contributed by atoms with Gasteiger partial charge in [0.1, 0.15) is 5.58 Å². The molecule has 0 radical (unpaired) electrons. The number of fused-ring (bicyclic) bond motifs is 16. The molecule has 66 heavy (non-hydrogen) atoms. The minimum atomic E-state index is -0.407. The lowest BCUT2D eigenvalue weighted by Gasteiger charge is -2.31. The van der Waals surface area contributed by atoms with Crippen molar-refractivity contribution in [3.05, 3.63) is 258 Å². The molecule has 0 fully saturated rings. The molecule has 1 heterocycles. The van der Waals surface area contributed by atoms with E-state index in [1.807, 2.05) is 0 Å². The van der Waals surface area contributed by atoms with Gasteiger partial charge < -0.3 is 9.32 Å². The normalized spacial score (nSPS) is 14.2. The van der Waals surface area contributed by atoms with Gasteiger partial charge in [-0.05, 0) is 120 Å². The van der Waals surface area contributed by atoms with Crippen LogP contribution in [0.5, 0.6) is 0 Å². The molecule has 310 valence electrons. The zero-order chi connectivity index (χ0) is 43.7. The molecule has 0 amide bonds. The Morgan fingerprint density at radius 1 is 0.333 bits per heavy atom. The molecule has 2 nitrogen and oxygen atoms in total. The lowest BCUT2D eigenvalue weighted by Crippen LogP contribution is -2.25. The van der Waals surface area contributed by atoms with E-state index >= 15 is 0 Å². The fourth-order valence-corrected chi connectivity index (χ4v) is 12.2. The molecule has 3 aliphatic carbocycles. The minimum Gasteiger partial charge on any atom is -0.454 e. The maximum atomic E-state index is 6.92. The molecule has 0 aliphatic heterocycles. The standard InChI is InChI=1S/C64H43NO/c1-63(2)53-25-11-6-19-45(53)49-35-33-43(39-58(49)63)65(59-29-16-24-51-50-23-10-15-30-61(50)66-62(51)59)60-38-41(40-17-4-3-5-18-40)31-34-44(60)42-32-36-57-52(37-42)48-22-9-14-28-56(48)64(57)54-26-12-7-20-46(54)47-21-8-13-27-55(47)64/h3-39H,1-2H3. The summed E-state index contributed by atoms with van der Waals surface area (Å²) in [5.74, 6) is 0. The molecule has 1 aromatic heterocycles. The Labute approximate surface area is 384 Å². The summed E-state index contributed by atoms with van der Waals surface area (Å²) in [4.78, 5) is 2.47. The number of hydrogen-bond acceptors (Lipinski definition) is 2. The van der Waals surface area contributed by atoms with Crippen molar-refractivity contribution in [1.29, 1.82) is 0 Å². The Kier molecular flexibility index (Phi) is 7.70. The van der Waals surface area contributed by atoms with E-state index in [0.29, 0.717) is 0 Å². The van der Waals surface area contributed by atoms with Crippen molar-refractivity contribution in [2.45, 2.75) is 24.7 Å². The number of benzene rings is 10. The van der Waals surface area contributed by atoms with Crippen LogP contribution in [0.2, 0.25) is 0 Å². The predicted molar refractivity (Wildman–Crippen MR) is 273 cm³/mol. The van der Waals surface area contributed by atoms with Crippen LogP contribution >= 0.6 is 0 Å². The molecule has 11 aromatic rings. The van der Waals surface area contributed by atoms with Crippen LogP contribution in [0.25, 0.3) is 77.6 Å². The first kappa shape index (κ1) is 37.2. The summed E-state index contributed by atoms with van der Waals surface area (Å²) in [6.45, 7) is 4.73. The monoisotopic (exact) mass is 841 g/mol. The highest BCUT2D eigenvalue weighted by Gasteiger charge is 2.51. The van der Waals surface area contributed by atoms with Crippen LogP contribution < -0.4 is 4.90 Å². The first-order valence-electron chi connectivity index (χ1n) is 23.1. The van der Waals surface area contributed by atoms with Crippen LogP contribution in [-0.2, 0) is 10.8 Å². The summed E-state index contributed by atoms with van der Waals surface area (Å²) in [7, 11) is 0. The van der Waals surface area contributed by atoms with Gasteiger partial charge in [-0.3, -0.25) is 0 Å². The van der Waals surface area contributed by atoms with E-state index < -0.39 is 5.41 Å². The Morgan fingerprint density at radius 3 is 1.61 bits per heavy atom. The van der Waals surface area contributed by atoms with Crippen LogP contribution in [-0.4, -0.2) is 0 Å². The summed E-state index contributed by atoms with van der Waals surface area (Å²) in [6, 6.07) is 83.2. The predicted octanol–water partition coefficient (Wildman–Crippen LogP) is 17.0. The lowest BCUT2D eigenvalue weighted by molar-refractivity contribution is 0.660.